The van der Waals surface area contributed by atoms with Crippen LogP contribution in [0.15, 0.2) is 12.4 Å². The lowest BCUT2D eigenvalue weighted by Crippen LogP contribution is -2.23. The van der Waals surface area contributed by atoms with Gasteiger partial charge >= 0.3 is 0 Å². The molecule has 1 N–H and O–H groups in total. The molecule has 1 aromatic rings. The lowest BCUT2D eigenvalue weighted by molar-refractivity contribution is 0.593. The maximum absolute atomic E-state index is 4.34. The summed E-state index contributed by atoms with van der Waals surface area (Å²) in [5, 5.41) is 7.85. The average Bonchev–Trinajstić information content (AvgIpc) is 2.79. The molecule has 3 heteroatoms. The van der Waals surface area contributed by atoms with E-state index < -0.39 is 0 Å². The van der Waals surface area contributed by atoms with Crippen LogP contribution < -0.4 is 5.32 Å². The van der Waals surface area contributed by atoms with E-state index in [2.05, 4.69) is 23.5 Å². The zero-order valence-corrected chi connectivity index (χ0v) is 8.87. The van der Waals surface area contributed by atoms with Crippen LogP contribution in [0.5, 0.6) is 0 Å². The molecule has 1 fully saturated rings. The fourth-order valence-corrected chi connectivity index (χ4v) is 2.08. The van der Waals surface area contributed by atoms with Crippen molar-refractivity contribution in [2.24, 2.45) is 0 Å². The second-order valence-corrected chi connectivity index (χ2v) is 4.11. The van der Waals surface area contributed by atoms with Gasteiger partial charge in [-0.05, 0) is 37.8 Å². The average molecular weight is 193 g/mol. The van der Waals surface area contributed by atoms with Crippen molar-refractivity contribution in [2.75, 3.05) is 6.54 Å². The summed E-state index contributed by atoms with van der Waals surface area (Å²) in [4.78, 5) is 0. The first-order valence-electron chi connectivity index (χ1n) is 5.63. The minimum absolute atomic E-state index is 0.689. The van der Waals surface area contributed by atoms with Crippen molar-refractivity contribution in [1.82, 2.24) is 15.1 Å². The van der Waals surface area contributed by atoms with Crippen molar-refractivity contribution >= 4 is 0 Å². The van der Waals surface area contributed by atoms with E-state index >= 15 is 0 Å². The van der Waals surface area contributed by atoms with Gasteiger partial charge in [-0.2, -0.15) is 5.10 Å². The van der Waals surface area contributed by atoms with Crippen molar-refractivity contribution in [2.45, 2.75) is 45.2 Å². The quantitative estimate of drug-likeness (QED) is 0.787. The van der Waals surface area contributed by atoms with Crippen molar-refractivity contribution in [3.05, 3.63) is 18.0 Å². The zero-order valence-electron chi connectivity index (χ0n) is 8.87. The molecular weight excluding hydrogens is 174 g/mol. The molecular formula is C11H19N3. The lowest BCUT2D eigenvalue weighted by atomic mass is 10.1. The fourth-order valence-electron chi connectivity index (χ4n) is 2.08. The van der Waals surface area contributed by atoms with Crippen LogP contribution in [0.2, 0.25) is 0 Å². The van der Waals surface area contributed by atoms with Gasteiger partial charge in [0.2, 0.25) is 0 Å². The maximum atomic E-state index is 4.34. The minimum Gasteiger partial charge on any atom is -0.314 e. The van der Waals surface area contributed by atoms with Crippen molar-refractivity contribution in [3.8, 4) is 0 Å². The Balaban J connectivity index is 1.88. The maximum Gasteiger partial charge on any atom is 0.0522 e. The van der Waals surface area contributed by atoms with Crippen molar-refractivity contribution < 1.29 is 0 Å². The van der Waals surface area contributed by atoms with E-state index in [0.29, 0.717) is 6.04 Å². The predicted molar refractivity (Wildman–Crippen MR) is 57.2 cm³/mol. The van der Waals surface area contributed by atoms with E-state index in [9.17, 15) is 0 Å². The first-order valence-corrected chi connectivity index (χ1v) is 5.63. The number of hydrogen-bond donors (Lipinski definition) is 1. The molecule has 0 aliphatic carbocycles. The van der Waals surface area contributed by atoms with Gasteiger partial charge in [0.15, 0.2) is 0 Å². The van der Waals surface area contributed by atoms with E-state index in [1.165, 1.54) is 24.9 Å². The molecule has 1 atom stereocenters. The summed E-state index contributed by atoms with van der Waals surface area (Å²) in [5.41, 5.74) is 1.37. The van der Waals surface area contributed by atoms with Gasteiger partial charge in [-0.25, -0.2) is 0 Å². The molecule has 1 aliphatic rings. The molecule has 0 spiro atoms. The highest BCUT2D eigenvalue weighted by molar-refractivity contribution is 5.06. The summed E-state index contributed by atoms with van der Waals surface area (Å²) in [6.45, 7) is 4.41. The Morgan fingerprint density at radius 3 is 3.29 bits per heavy atom. The van der Waals surface area contributed by atoms with Crippen LogP contribution in [0.1, 0.15) is 31.7 Å². The van der Waals surface area contributed by atoms with Gasteiger partial charge in [-0.15, -0.1) is 0 Å². The van der Waals surface area contributed by atoms with Gasteiger partial charge < -0.3 is 5.32 Å². The first-order chi connectivity index (χ1) is 6.88. The molecule has 1 aromatic heterocycles. The highest BCUT2D eigenvalue weighted by atomic mass is 15.3. The molecule has 2 rings (SSSR count). The summed E-state index contributed by atoms with van der Waals surface area (Å²) >= 11 is 0. The molecule has 0 bridgehead atoms. The van der Waals surface area contributed by atoms with E-state index in [-0.39, 0.29) is 0 Å². The van der Waals surface area contributed by atoms with E-state index in [1.54, 1.807) is 0 Å². The first kappa shape index (κ1) is 9.71. The molecule has 1 unspecified atom stereocenters. The van der Waals surface area contributed by atoms with E-state index in [0.717, 1.165) is 19.4 Å². The predicted octanol–water partition coefficient (Wildman–Crippen LogP) is 1.59. The van der Waals surface area contributed by atoms with Crippen LogP contribution in [0.3, 0.4) is 0 Å². The van der Waals surface area contributed by atoms with Gasteiger partial charge in [0, 0.05) is 18.8 Å². The van der Waals surface area contributed by atoms with E-state index in [4.69, 9.17) is 0 Å². The van der Waals surface area contributed by atoms with Crippen LogP contribution in [0.4, 0.5) is 0 Å². The van der Waals surface area contributed by atoms with Gasteiger partial charge in [0.1, 0.15) is 0 Å². The minimum atomic E-state index is 0.689. The lowest BCUT2D eigenvalue weighted by Gasteiger charge is -2.06. The van der Waals surface area contributed by atoms with Crippen LogP contribution in [0, 0.1) is 0 Å². The third-order valence-corrected chi connectivity index (χ3v) is 2.78. The molecule has 0 amide bonds. The Morgan fingerprint density at radius 1 is 1.64 bits per heavy atom. The Bertz CT molecular complexity index is 274. The monoisotopic (exact) mass is 193 g/mol. The Labute approximate surface area is 85.5 Å². The third-order valence-electron chi connectivity index (χ3n) is 2.78. The summed E-state index contributed by atoms with van der Waals surface area (Å²) in [6.07, 6.45) is 9.14. The van der Waals surface area contributed by atoms with E-state index in [1.807, 2.05) is 10.9 Å². The van der Waals surface area contributed by atoms with Crippen LogP contribution >= 0.6 is 0 Å². The number of nitrogens with one attached hydrogen (secondary N) is 1. The molecule has 78 valence electrons. The van der Waals surface area contributed by atoms with Gasteiger partial charge in [0.05, 0.1) is 6.20 Å². The second kappa shape index (κ2) is 4.60. The smallest absolute Gasteiger partial charge is 0.0522 e. The normalized spacial score (nSPS) is 21.6. The van der Waals surface area contributed by atoms with Crippen molar-refractivity contribution in [1.29, 1.82) is 0 Å². The summed E-state index contributed by atoms with van der Waals surface area (Å²) in [5.74, 6) is 0. The van der Waals surface area contributed by atoms with Crippen LogP contribution in [0.25, 0.3) is 0 Å². The van der Waals surface area contributed by atoms with Crippen LogP contribution in [-0.4, -0.2) is 22.4 Å². The Hall–Kier alpha value is -0.830. The molecule has 0 radical (unpaired) electrons. The van der Waals surface area contributed by atoms with Gasteiger partial charge in [-0.1, -0.05) is 6.92 Å². The van der Waals surface area contributed by atoms with Crippen molar-refractivity contribution in [3.63, 3.8) is 0 Å². The number of rotatable bonds is 4. The molecule has 3 nitrogen and oxygen atoms in total. The SMILES string of the molecule is CCCn1cc(CC2CCCN2)cn1. The zero-order chi connectivity index (χ0) is 9.80. The highest BCUT2D eigenvalue weighted by Crippen LogP contribution is 2.11. The molecule has 1 saturated heterocycles. The molecule has 2 heterocycles. The number of nitrogens with zero attached hydrogens (tertiary/aromatic N) is 2. The summed E-state index contributed by atoms with van der Waals surface area (Å²) < 4.78 is 2.05. The standard InChI is InChI=1S/C11H19N3/c1-2-6-14-9-10(8-13-14)7-11-4-3-5-12-11/h8-9,11-12H,2-7H2,1H3. The second-order valence-electron chi connectivity index (χ2n) is 4.11. The summed E-state index contributed by atoms with van der Waals surface area (Å²) in [7, 11) is 0. The molecule has 0 saturated carbocycles. The third kappa shape index (κ3) is 2.35. The number of aryl methyl sites for hydroxylation is 1. The number of hydrogen-bond acceptors (Lipinski definition) is 2. The Kier molecular flexibility index (Phi) is 3.19. The highest BCUT2D eigenvalue weighted by Gasteiger charge is 2.14. The largest absolute Gasteiger partial charge is 0.314 e. The van der Waals surface area contributed by atoms with Crippen LogP contribution in [-0.2, 0) is 13.0 Å². The summed E-state index contributed by atoms with van der Waals surface area (Å²) in [6, 6.07) is 0.689. The molecule has 0 aromatic carbocycles. The van der Waals surface area contributed by atoms with Gasteiger partial charge in [0.25, 0.3) is 0 Å². The number of aromatic nitrogens is 2. The fraction of sp³-hybridized carbons (Fsp3) is 0.727. The van der Waals surface area contributed by atoms with Gasteiger partial charge in [-0.3, -0.25) is 4.68 Å². The Morgan fingerprint density at radius 2 is 2.57 bits per heavy atom. The molecule has 1 aliphatic heterocycles. The topological polar surface area (TPSA) is 29.9 Å². The molecule has 14 heavy (non-hydrogen) atoms.